The Kier molecular flexibility index (Phi) is 2.86. The first kappa shape index (κ1) is 14.1. The summed E-state index contributed by atoms with van der Waals surface area (Å²) in [6.45, 7) is 8.34. The van der Waals surface area contributed by atoms with Crippen molar-refractivity contribution in [2.24, 2.45) is 16.7 Å². The first-order chi connectivity index (χ1) is 9.15. The molecule has 3 rings (SSSR count). The third-order valence-corrected chi connectivity index (χ3v) is 6.84. The Morgan fingerprint density at radius 1 is 1.40 bits per heavy atom. The lowest BCUT2D eigenvalue weighted by Crippen LogP contribution is -2.52. The van der Waals surface area contributed by atoms with Gasteiger partial charge in [0.05, 0.1) is 6.20 Å². The van der Waals surface area contributed by atoms with Gasteiger partial charge in [0, 0.05) is 6.04 Å². The fourth-order valence-electron chi connectivity index (χ4n) is 4.35. The van der Waals surface area contributed by atoms with E-state index in [0.717, 1.165) is 12.8 Å². The fourth-order valence-corrected chi connectivity index (χ4v) is 5.85. The second kappa shape index (κ2) is 4.07. The van der Waals surface area contributed by atoms with Gasteiger partial charge >= 0.3 is 0 Å². The Labute approximate surface area is 120 Å². The zero-order valence-corrected chi connectivity index (χ0v) is 13.3. The standard InChI is InChI=1S/C14H23N3O2S/c1-9-15-8-11(16-9)20(18,19)17-12-13(2,3)10-5-6-14(12,4)7-10/h8,10,12,17H,5-7H2,1-4H3,(H,15,16). The normalized spacial score (nSPS) is 35.6. The summed E-state index contributed by atoms with van der Waals surface area (Å²) in [5.41, 5.74) is 0.0887. The summed E-state index contributed by atoms with van der Waals surface area (Å²) in [5.74, 6) is 1.23. The number of aromatic nitrogens is 2. The van der Waals surface area contributed by atoms with Gasteiger partial charge in [0.25, 0.3) is 10.0 Å². The van der Waals surface area contributed by atoms with E-state index < -0.39 is 10.0 Å². The number of aryl methyl sites for hydroxylation is 1. The van der Waals surface area contributed by atoms with E-state index in [2.05, 4.69) is 35.5 Å². The Morgan fingerprint density at radius 3 is 2.60 bits per heavy atom. The zero-order valence-electron chi connectivity index (χ0n) is 12.5. The SMILES string of the molecule is Cc1ncc(S(=O)(=O)NC2C3(C)CCC(C3)C2(C)C)[nH]1. The number of nitrogens with one attached hydrogen (secondary N) is 2. The maximum Gasteiger partial charge on any atom is 0.257 e. The van der Waals surface area contributed by atoms with Crippen molar-refractivity contribution in [3.05, 3.63) is 12.0 Å². The van der Waals surface area contributed by atoms with E-state index in [1.165, 1.54) is 12.6 Å². The van der Waals surface area contributed by atoms with Crippen molar-refractivity contribution < 1.29 is 8.42 Å². The number of nitrogens with zero attached hydrogens (tertiary/aromatic N) is 1. The van der Waals surface area contributed by atoms with Crippen LogP contribution < -0.4 is 4.72 Å². The Morgan fingerprint density at radius 2 is 2.10 bits per heavy atom. The number of hydrogen-bond acceptors (Lipinski definition) is 3. The van der Waals surface area contributed by atoms with Crippen molar-refractivity contribution in [1.82, 2.24) is 14.7 Å². The van der Waals surface area contributed by atoms with Gasteiger partial charge in [-0.1, -0.05) is 20.8 Å². The topological polar surface area (TPSA) is 74.8 Å². The summed E-state index contributed by atoms with van der Waals surface area (Å²) >= 11 is 0. The number of sulfonamides is 1. The minimum Gasteiger partial charge on any atom is -0.332 e. The lowest BCUT2D eigenvalue weighted by molar-refractivity contribution is 0.127. The van der Waals surface area contributed by atoms with Gasteiger partial charge in [-0.25, -0.2) is 18.1 Å². The van der Waals surface area contributed by atoms with E-state index in [9.17, 15) is 8.42 Å². The van der Waals surface area contributed by atoms with Crippen molar-refractivity contribution in [2.45, 2.75) is 58.0 Å². The van der Waals surface area contributed by atoms with Gasteiger partial charge in [-0.15, -0.1) is 0 Å². The molecule has 5 nitrogen and oxygen atoms in total. The molecule has 6 heteroatoms. The molecule has 2 N–H and O–H groups in total. The van der Waals surface area contributed by atoms with Crippen LogP contribution >= 0.6 is 0 Å². The molecule has 0 aromatic carbocycles. The molecule has 3 unspecified atom stereocenters. The maximum absolute atomic E-state index is 12.5. The van der Waals surface area contributed by atoms with Gasteiger partial charge in [-0.05, 0) is 42.9 Å². The maximum atomic E-state index is 12.5. The molecule has 0 aliphatic heterocycles. The molecule has 0 spiro atoms. The summed E-state index contributed by atoms with van der Waals surface area (Å²) in [7, 11) is -3.52. The van der Waals surface area contributed by atoms with Crippen LogP contribution in [0.15, 0.2) is 11.2 Å². The summed E-state index contributed by atoms with van der Waals surface area (Å²) in [5, 5.41) is 0.164. The number of imidazole rings is 1. The largest absolute Gasteiger partial charge is 0.332 e. The molecule has 1 aromatic heterocycles. The number of rotatable bonds is 3. The highest BCUT2D eigenvalue weighted by atomic mass is 32.2. The zero-order chi connectivity index (χ0) is 14.8. The van der Waals surface area contributed by atoms with Crippen LogP contribution in [0.2, 0.25) is 0 Å². The third kappa shape index (κ3) is 1.92. The van der Waals surface area contributed by atoms with Crippen molar-refractivity contribution in [1.29, 1.82) is 0 Å². The van der Waals surface area contributed by atoms with E-state index >= 15 is 0 Å². The van der Waals surface area contributed by atoms with Crippen LogP contribution in [-0.2, 0) is 10.0 Å². The second-order valence-electron chi connectivity index (χ2n) is 7.30. The molecule has 2 saturated carbocycles. The highest BCUT2D eigenvalue weighted by molar-refractivity contribution is 7.89. The first-order valence-corrected chi connectivity index (χ1v) is 8.67. The van der Waals surface area contributed by atoms with Crippen LogP contribution in [0.4, 0.5) is 0 Å². The van der Waals surface area contributed by atoms with Crippen LogP contribution in [0.5, 0.6) is 0 Å². The lowest BCUT2D eigenvalue weighted by atomic mass is 9.69. The molecule has 0 radical (unpaired) electrons. The Bertz CT molecular complexity index is 630. The summed E-state index contributed by atoms with van der Waals surface area (Å²) in [6, 6.07) is -0.0117. The van der Waals surface area contributed by atoms with Crippen LogP contribution in [0, 0.1) is 23.7 Å². The molecule has 20 heavy (non-hydrogen) atoms. The molecule has 1 aromatic rings. The van der Waals surface area contributed by atoms with E-state index in [1.54, 1.807) is 6.92 Å². The van der Waals surface area contributed by atoms with E-state index in [0.29, 0.717) is 11.7 Å². The average molecular weight is 297 g/mol. The minimum absolute atomic E-state index is 0.00906. The average Bonchev–Trinajstić information content (AvgIpc) is 2.96. The van der Waals surface area contributed by atoms with Gasteiger partial charge in [-0.2, -0.15) is 0 Å². The number of hydrogen-bond donors (Lipinski definition) is 2. The molecule has 2 aliphatic carbocycles. The molecule has 0 saturated heterocycles. The summed E-state index contributed by atoms with van der Waals surface area (Å²) in [6.07, 6.45) is 4.83. The quantitative estimate of drug-likeness (QED) is 0.898. The predicted octanol–water partition coefficient (Wildman–Crippen LogP) is 2.21. The molecular weight excluding hydrogens is 274 g/mol. The smallest absolute Gasteiger partial charge is 0.257 e. The van der Waals surface area contributed by atoms with Gasteiger partial charge in [0.1, 0.15) is 5.82 Å². The Hall–Kier alpha value is -0.880. The number of H-pyrrole nitrogens is 1. The first-order valence-electron chi connectivity index (χ1n) is 7.19. The molecule has 3 atom stereocenters. The summed E-state index contributed by atoms with van der Waals surface area (Å²) < 4.78 is 28.0. The van der Waals surface area contributed by atoms with Crippen molar-refractivity contribution >= 4 is 10.0 Å². The molecule has 2 fully saturated rings. The lowest BCUT2D eigenvalue weighted by Gasteiger charge is -2.42. The molecule has 2 aliphatic rings. The van der Waals surface area contributed by atoms with Gasteiger partial charge in [-0.3, -0.25) is 0 Å². The van der Waals surface area contributed by atoms with E-state index in [1.807, 2.05) is 0 Å². The van der Waals surface area contributed by atoms with Crippen LogP contribution in [-0.4, -0.2) is 24.4 Å². The third-order valence-electron chi connectivity index (χ3n) is 5.51. The van der Waals surface area contributed by atoms with Crippen LogP contribution in [0.1, 0.15) is 45.9 Å². The number of fused-ring (bicyclic) bond motifs is 2. The highest BCUT2D eigenvalue weighted by Gasteiger charge is 2.60. The van der Waals surface area contributed by atoms with Gasteiger partial charge in [0.2, 0.25) is 0 Å². The second-order valence-corrected chi connectivity index (χ2v) is 8.98. The number of aromatic amines is 1. The van der Waals surface area contributed by atoms with E-state index in [-0.39, 0.29) is 21.9 Å². The van der Waals surface area contributed by atoms with Crippen molar-refractivity contribution in [3.8, 4) is 0 Å². The van der Waals surface area contributed by atoms with Gasteiger partial charge in [0.15, 0.2) is 5.03 Å². The van der Waals surface area contributed by atoms with Gasteiger partial charge < -0.3 is 4.98 Å². The molecule has 112 valence electrons. The molecular formula is C14H23N3O2S. The van der Waals surface area contributed by atoms with Crippen molar-refractivity contribution in [2.75, 3.05) is 0 Å². The molecule has 2 bridgehead atoms. The van der Waals surface area contributed by atoms with Crippen molar-refractivity contribution in [3.63, 3.8) is 0 Å². The summed E-state index contributed by atoms with van der Waals surface area (Å²) in [4.78, 5) is 6.80. The predicted molar refractivity (Wildman–Crippen MR) is 76.7 cm³/mol. The molecule has 0 amide bonds. The van der Waals surface area contributed by atoms with Crippen LogP contribution in [0.3, 0.4) is 0 Å². The fraction of sp³-hybridized carbons (Fsp3) is 0.786. The van der Waals surface area contributed by atoms with E-state index in [4.69, 9.17) is 0 Å². The molecule has 1 heterocycles. The Balaban J connectivity index is 1.91. The highest BCUT2D eigenvalue weighted by Crippen LogP contribution is 2.62. The monoisotopic (exact) mass is 297 g/mol. The van der Waals surface area contributed by atoms with Crippen LogP contribution in [0.25, 0.3) is 0 Å². The minimum atomic E-state index is -3.52.